The number of nitrogens with two attached hydrogens (primary N) is 1. The van der Waals surface area contributed by atoms with Crippen LogP contribution in [0.25, 0.3) is 0 Å². The molecule has 0 spiro atoms. The van der Waals surface area contributed by atoms with E-state index in [0.29, 0.717) is 35.8 Å². The number of nitrogens with zero attached hydrogens (tertiary/aromatic N) is 1. The molecule has 5 nitrogen and oxygen atoms in total. The van der Waals surface area contributed by atoms with Gasteiger partial charge in [0.05, 0.1) is 19.8 Å². The third kappa shape index (κ3) is 3.44. The standard InChI is InChI=1S/C15H22N2O3/c1-6-17(9-10(2)3)15(18)11-7-13(19-4)14(20-5)8-12(11)16/h7-8H,2,6,9,16H2,1,3-5H3. The predicted octanol–water partition coefficient (Wildman–Crippen LogP) is 2.32. The largest absolute Gasteiger partial charge is 0.493 e. The Morgan fingerprint density at radius 1 is 1.30 bits per heavy atom. The van der Waals surface area contributed by atoms with E-state index in [9.17, 15) is 4.79 Å². The Morgan fingerprint density at radius 2 is 1.85 bits per heavy atom. The van der Waals surface area contributed by atoms with E-state index in [1.54, 1.807) is 17.0 Å². The minimum absolute atomic E-state index is 0.144. The Balaban J connectivity index is 3.17. The molecule has 0 aliphatic carbocycles. The number of hydrogen-bond acceptors (Lipinski definition) is 4. The van der Waals surface area contributed by atoms with E-state index in [-0.39, 0.29) is 5.91 Å². The summed E-state index contributed by atoms with van der Waals surface area (Å²) in [6.07, 6.45) is 0. The first-order valence-corrected chi connectivity index (χ1v) is 6.39. The monoisotopic (exact) mass is 278 g/mol. The van der Waals surface area contributed by atoms with Crippen LogP contribution >= 0.6 is 0 Å². The van der Waals surface area contributed by atoms with Crippen molar-refractivity contribution in [2.45, 2.75) is 13.8 Å². The summed E-state index contributed by atoms with van der Waals surface area (Å²) in [7, 11) is 3.05. The smallest absolute Gasteiger partial charge is 0.256 e. The maximum absolute atomic E-state index is 12.5. The fraction of sp³-hybridized carbons (Fsp3) is 0.400. The molecule has 0 aliphatic rings. The minimum atomic E-state index is -0.144. The lowest BCUT2D eigenvalue weighted by Crippen LogP contribution is -2.32. The number of anilines is 1. The summed E-state index contributed by atoms with van der Waals surface area (Å²) in [6, 6.07) is 3.21. The molecule has 0 saturated heterocycles. The van der Waals surface area contributed by atoms with Crippen molar-refractivity contribution in [2.75, 3.05) is 33.0 Å². The number of hydrogen-bond donors (Lipinski definition) is 1. The van der Waals surface area contributed by atoms with E-state index in [1.807, 2.05) is 13.8 Å². The van der Waals surface area contributed by atoms with E-state index >= 15 is 0 Å². The van der Waals surface area contributed by atoms with Crippen molar-refractivity contribution in [1.29, 1.82) is 0 Å². The first-order chi connectivity index (χ1) is 9.44. The first-order valence-electron chi connectivity index (χ1n) is 6.39. The molecule has 0 radical (unpaired) electrons. The number of rotatable bonds is 6. The Morgan fingerprint density at radius 3 is 2.30 bits per heavy atom. The number of carbonyl (C=O) groups is 1. The lowest BCUT2D eigenvalue weighted by Gasteiger charge is -2.22. The van der Waals surface area contributed by atoms with Crippen LogP contribution in [0.1, 0.15) is 24.2 Å². The fourth-order valence-corrected chi connectivity index (χ4v) is 1.90. The Kier molecular flexibility index (Phi) is 5.43. The van der Waals surface area contributed by atoms with Gasteiger partial charge in [-0.3, -0.25) is 4.79 Å². The highest BCUT2D eigenvalue weighted by molar-refractivity contribution is 6.00. The molecule has 1 rings (SSSR count). The van der Waals surface area contributed by atoms with Gasteiger partial charge in [0.25, 0.3) is 5.91 Å². The molecule has 1 aromatic carbocycles. The Hall–Kier alpha value is -2.17. The van der Waals surface area contributed by atoms with Crippen molar-refractivity contribution in [3.63, 3.8) is 0 Å². The molecule has 0 heterocycles. The number of ether oxygens (including phenoxy) is 2. The van der Waals surface area contributed by atoms with Crippen molar-refractivity contribution in [3.8, 4) is 11.5 Å². The lowest BCUT2D eigenvalue weighted by atomic mass is 10.1. The molecule has 20 heavy (non-hydrogen) atoms. The van der Waals surface area contributed by atoms with Gasteiger partial charge >= 0.3 is 0 Å². The average molecular weight is 278 g/mol. The zero-order valence-electron chi connectivity index (χ0n) is 12.5. The van der Waals surface area contributed by atoms with Gasteiger partial charge in [0.2, 0.25) is 0 Å². The molecule has 0 bridgehead atoms. The number of carbonyl (C=O) groups excluding carboxylic acids is 1. The second-order valence-corrected chi connectivity index (χ2v) is 4.57. The SMILES string of the molecule is C=C(C)CN(CC)C(=O)c1cc(OC)c(OC)cc1N. The molecule has 110 valence electrons. The number of likely N-dealkylation sites (N-methyl/N-ethyl adjacent to an activating group) is 1. The molecule has 0 atom stereocenters. The molecular weight excluding hydrogens is 256 g/mol. The van der Waals surface area contributed by atoms with Gasteiger partial charge < -0.3 is 20.1 Å². The lowest BCUT2D eigenvalue weighted by molar-refractivity contribution is 0.0779. The van der Waals surface area contributed by atoms with Gasteiger partial charge in [0, 0.05) is 24.8 Å². The van der Waals surface area contributed by atoms with Crippen LogP contribution in [-0.2, 0) is 0 Å². The van der Waals surface area contributed by atoms with E-state index in [1.165, 1.54) is 14.2 Å². The van der Waals surface area contributed by atoms with Crippen LogP contribution in [0, 0.1) is 0 Å². The van der Waals surface area contributed by atoms with Gasteiger partial charge in [-0.1, -0.05) is 12.2 Å². The highest BCUT2D eigenvalue weighted by atomic mass is 16.5. The summed E-state index contributed by atoms with van der Waals surface area (Å²) in [6.45, 7) is 8.72. The molecule has 0 saturated carbocycles. The quantitative estimate of drug-likeness (QED) is 0.640. The van der Waals surface area contributed by atoms with Crippen LogP contribution < -0.4 is 15.2 Å². The maximum Gasteiger partial charge on any atom is 0.256 e. The molecular formula is C15H22N2O3. The molecule has 0 unspecified atom stereocenters. The molecule has 1 aromatic rings. The van der Waals surface area contributed by atoms with Crippen LogP contribution in [0.4, 0.5) is 5.69 Å². The van der Waals surface area contributed by atoms with Gasteiger partial charge in [0.1, 0.15) is 0 Å². The van der Waals surface area contributed by atoms with E-state index in [2.05, 4.69) is 6.58 Å². The average Bonchev–Trinajstić information content (AvgIpc) is 2.43. The number of nitrogen functional groups attached to an aromatic ring is 1. The first kappa shape index (κ1) is 15.9. The predicted molar refractivity (Wildman–Crippen MR) is 80.3 cm³/mol. The molecule has 2 N–H and O–H groups in total. The van der Waals surface area contributed by atoms with Crippen LogP contribution in [0.2, 0.25) is 0 Å². The molecule has 0 aliphatic heterocycles. The number of methoxy groups -OCH3 is 2. The van der Waals surface area contributed by atoms with Crippen molar-refractivity contribution >= 4 is 11.6 Å². The second-order valence-electron chi connectivity index (χ2n) is 4.57. The maximum atomic E-state index is 12.5. The van der Waals surface area contributed by atoms with Crippen LogP contribution in [-0.4, -0.2) is 38.1 Å². The van der Waals surface area contributed by atoms with Gasteiger partial charge in [-0.2, -0.15) is 0 Å². The summed E-state index contributed by atoms with van der Waals surface area (Å²) in [5.74, 6) is 0.842. The Labute approximate surface area is 120 Å². The summed E-state index contributed by atoms with van der Waals surface area (Å²) in [5, 5.41) is 0. The second kappa shape index (κ2) is 6.84. The van der Waals surface area contributed by atoms with Gasteiger partial charge in [-0.05, 0) is 19.9 Å². The Bertz CT molecular complexity index is 512. The number of benzene rings is 1. The van der Waals surface area contributed by atoms with Gasteiger partial charge in [-0.15, -0.1) is 0 Å². The molecule has 5 heteroatoms. The summed E-state index contributed by atoms with van der Waals surface area (Å²) >= 11 is 0. The van der Waals surface area contributed by atoms with Crippen LogP contribution in [0.3, 0.4) is 0 Å². The van der Waals surface area contributed by atoms with Crippen molar-refractivity contribution in [1.82, 2.24) is 4.90 Å². The summed E-state index contributed by atoms with van der Waals surface area (Å²) in [4.78, 5) is 14.2. The zero-order chi connectivity index (χ0) is 15.3. The van der Waals surface area contributed by atoms with Crippen molar-refractivity contribution in [2.24, 2.45) is 0 Å². The number of amides is 1. The topological polar surface area (TPSA) is 64.8 Å². The molecule has 1 amide bonds. The van der Waals surface area contributed by atoms with Crippen molar-refractivity contribution in [3.05, 3.63) is 29.8 Å². The van der Waals surface area contributed by atoms with Gasteiger partial charge in [-0.25, -0.2) is 0 Å². The van der Waals surface area contributed by atoms with E-state index in [0.717, 1.165) is 5.57 Å². The highest BCUT2D eigenvalue weighted by Gasteiger charge is 2.19. The zero-order valence-corrected chi connectivity index (χ0v) is 12.5. The highest BCUT2D eigenvalue weighted by Crippen LogP contribution is 2.32. The van der Waals surface area contributed by atoms with E-state index in [4.69, 9.17) is 15.2 Å². The fourth-order valence-electron chi connectivity index (χ4n) is 1.90. The third-order valence-corrected chi connectivity index (χ3v) is 2.92. The normalized spacial score (nSPS) is 10.0. The van der Waals surface area contributed by atoms with Crippen molar-refractivity contribution < 1.29 is 14.3 Å². The molecule has 0 aromatic heterocycles. The van der Waals surface area contributed by atoms with Gasteiger partial charge in [0.15, 0.2) is 11.5 Å². The molecule has 0 fully saturated rings. The van der Waals surface area contributed by atoms with Crippen LogP contribution in [0.15, 0.2) is 24.3 Å². The third-order valence-electron chi connectivity index (χ3n) is 2.92. The minimum Gasteiger partial charge on any atom is -0.493 e. The van der Waals surface area contributed by atoms with E-state index < -0.39 is 0 Å². The summed E-state index contributed by atoms with van der Waals surface area (Å²) in [5.41, 5.74) is 7.63. The van der Waals surface area contributed by atoms with Crippen LogP contribution in [0.5, 0.6) is 11.5 Å². The summed E-state index contributed by atoms with van der Waals surface area (Å²) < 4.78 is 10.4.